The van der Waals surface area contributed by atoms with Crippen LogP contribution in [0.3, 0.4) is 0 Å². The molecule has 25 heavy (non-hydrogen) atoms. The lowest BCUT2D eigenvalue weighted by Gasteiger charge is -2.07. The molecule has 6 heteroatoms. The molecular weight excluding hydrogens is 334 g/mol. The van der Waals surface area contributed by atoms with Crippen molar-refractivity contribution in [2.24, 2.45) is 0 Å². The molecule has 0 saturated heterocycles. The molecule has 1 heterocycles. The summed E-state index contributed by atoms with van der Waals surface area (Å²) in [6.07, 6.45) is 4.18. The number of sulfonamides is 1. The lowest BCUT2D eigenvalue weighted by molar-refractivity contribution is 0.573. The number of hydrogen-bond donors (Lipinski definition) is 2. The van der Waals surface area contributed by atoms with Crippen molar-refractivity contribution < 1.29 is 8.42 Å². The standard InChI is InChI=1S/C19H23N3O2S/c1-2-3-4-7-14-20-25(23,24)16-12-10-15(11-13-16)19-21-17-8-5-6-9-18(17)22-19/h5-6,8-13,20H,2-4,7,14H2,1H3,(H,21,22). The van der Waals surface area contributed by atoms with Gasteiger partial charge in [-0.15, -0.1) is 0 Å². The normalized spacial score (nSPS) is 11.9. The van der Waals surface area contributed by atoms with Crippen LogP contribution < -0.4 is 4.72 Å². The van der Waals surface area contributed by atoms with E-state index in [2.05, 4.69) is 21.6 Å². The predicted octanol–water partition coefficient (Wildman–Crippen LogP) is 4.09. The molecule has 3 rings (SSSR count). The molecule has 0 amide bonds. The van der Waals surface area contributed by atoms with Crippen LogP contribution in [0.15, 0.2) is 53.4 Å². The van der Waals surface area contributed by atoms with Gasteiger partial charge >= 0.3 is 0 Å². The number of aromatic amines is 1. The minimum Gasteiger partial charge on any atom is -0.338 e. The van der Waals surface area contributed by atoms with Crippen molar-refractivity contribution in [2.75, 3.05) is 6.54 Å². The van der Waals surface area contributed by atoms with Crippen molar-refractivity contribution in [1.82, 2.24) is 14.7 Å². The summed E-state index contributed by atoms with van der Waals surface area (Å²) in [5, 5.41) is 0. The molecule has 0 bridgehead atoms. The Morgan fingerprint density at radius 2 is 1.76 bits per heavy atom. The highest BCUT2D eigenvalue weighted by Gasteiger charge is 2.14. The first-order valence-corrected chi connectivity index (χ1v) is 10.1. The van der Waals surface area contributed by atoms with E-state index in [1.807, 2.05) is 24.3 Å². The van der Waals surface area contributed by atoms with Crippen LogP contribution in [0, 0.1) is 0 Å². The third-order valence-corrected chi connectivity index (χ3v) is 5.63. The fraction of sp³-hybridized carbons (Fsp3) is 0.316. The number of rotatable bonds is 8. The second-order valence-electron chi connectivity index (χ2n) is 6.09. The minimum absolute atomic E-state index is 0.280. The number of para-hydroxylation sites is 2. The van der Waals surface area contributed by atoms with Crippen LogP contribution >= 0.6 is 0 Å². The summed E-state index contributed by atoms with van der Waals surface area (Å²) in [4.78, 5) is 8.06. The zero-order chi connectivity index (χ0) is 17.7. The number of fused-ring (bicyclic) bond motifs is 1. The Balaban J connectivity index is 1.70. The van der Waals surface area contributed by atoms with Gasteiger partial charge in [0.1, 0.15) is 5.82 Å². The molecule has 0 unspecified atom stereocenters. The van der Waals surface area contributed by atoms with Crippen LogP contribution in [0.5, 0.6) is 0 Å². The van der Waals surface area contributed by atoms with E-state index in [1.54, 1.807) is 24.3 Å². The monoisotopic (exact) mass is 357 g/mol. The van der Waals surface area contributed by atoms with Gasteiger partial charge in [0.2, 0.25) is 10.0 Å². The Kier molecular flexibility index (Phi) is 5.50. The van der Waals surface area contributed by atoms with Crippen LogP contribution in [0.1, 0.15) is 32.6 Å². The maximum absolute atomic E-state index is 12.3. The van der Waals surface area contributed by atoms with Gasteiger partial charge in [-0.2, -0.15) is 0 Å². The summed E-state index contributed by atoms with van der Waals surface area (Å²) in [6, 6.07) is 14.6. The smallest absolute Gasteiger partial charge is 0.240 e. The average Bonchev–Trinajstić information content (AvgIpc) is 3.06. The Labute approximate surface area is 148 Å². The molecule has 0 aliphatic carbocycles. The Morgan fingerprint density at radius 1 is 1.00 bits per heavy atom. The first kappa shape index (κ1) is 17.6. The third-order valence-electron chi connectivity index (χ3n) is 4.15. The first-order chi connectivity index (χ1) is 12.1. The van der Waals surface area contributed by atoms with E-state index >= 15 is 0 Å². The fourth-order valence-electron chi connectivity index (χ4n) is 2.72. The van der Waals surface area contributed by atoms with Crippen LogP contribution in [-0.2, 0) is 10.0 Å². The van der Waals surface area contributed by atoms with E-state index in [9.17, 15) is 8.42 Å². The Hall–Kier alpha value is -2.18. The number of aromatic nitrogens is 2. The molecule has 2 aromatic carbocycles. The number of imidazole rings is 1. The maximum atomic E-state index is 12.3. The summed E-state index contributed by atoms with van der Waals surface area (Å²) < 4.78 is 27.3. The summed E-state index contributed by atoms with van der Waals surface area (Å²) >= 11 is 0. The van der Waals surface area contributed by atoms with Crippen LogP contribution in [-0.4, -0.2) is 24.9 Å². The Morgan fingerprint density at radius 3 is 2.48 bits per heavy atom. The second-order valence-corrected chi connectivity index (χ2v) is 7.85. The van der Waals surface area contributed by atoms with E-state index in [-0.39, 0.29) is 4.90 Å². The molecule has 0 aliphatic rings. The van der Waals surface area contributed by atoms with E-state index in [1.165, 1.54) is 0 Å². The quantitative estimate of drug-likeness (QED) is 0.596. The molecule has 1 aromatic heterocycles. The van der Waals surface area contributed by atoms with Gasteiger partial charge in [0, 0.05) is 12.1 Å². The molecule has 0 saturated carbocycles. The van der Waals surface area contributed by atoms with Crippen LogP contribution in [0.4, 0.5) is 0 Å². The maximum Gasteiger partial charge on any atom is 0.240 e. The number of benzene rings is 2. The highest BCUT2D eigenvalue weighted by atomic mass is 32.2. The molecule has 0 aliphatic heterocycles. The summed E-state index contributed by atoms with van der Waals surface area (Å²) in [6.45, 7) is 2.61. The molecule has 2 N–H and O–H groups in total. The molecule has 5 nitrogen and oxygen atoms in total. The Bertz CT molecular complexity index is 898. The van der Waals surface area contributed by atoms with Gasteiger partial charge in [0.05, 0.1) is 15.9 Å². The lowest BCUT2D eigenvalue weighted by atomic mass is 10.2. The van der Waals surface area contributed by atoms with Crippen LogP contribution in [0.25, 0.3) is 22.4 Å². The zero-order valence-electron chi connectivity index (χ0n) is 14.3. The number of nitrogens with one attached hydrogen (secondary N) is 2. The largest absolute Gasteiger partial charge is 0.338 e. The first-order valence-electron chi connectivity index (χ1n) is 8.65. The van der Waals surface area contributed by atoms with Crippen molar-refractivity contribution >= 4 is 21.1 Å². The van der Waals surface area contributed by atoms with E-state index in [4.69, 9.17) is 0 Å². The molecule has 3 aromatic rings. The molecule has 0 spiro atoms. The van der Waals surface area contributed by atoms with Gasteiger partial charge in [0.25, 0.3) is 0 Å². The van der Waals surface area contributed by atoms with Gasteiger partial charge in [-0.25, -0.2) is 18.1 Å². The van der Waals surface area contributed by atoms with Gasteiger partial charge in [-0.1, -0.05) is 38.3 Å². The average molecular weight is 357 g/mol. The molecule has 0 radical (unpaired) electrons. The van der Waals surface area contributed by atoms with Crippen molar-refractivity contribution in [1.29, 1.82) is 0 Å². The van der Waals surface area contributed by atoms with E-state index in [0.717, 1.165) is 48.1 Å². The summed E-state index contributed by atoms with van der Waals surface area (Å²) in [5.74, 6) is 0.734. The van der Waals surface area contributed by atoms with Crippen molar-refractivity contribution in [3.8, 4) is 11.4 Å². The number of unbranched alkanes of at least 4 members (excludes halogenated alkanes) is 3. The van der Waals surface area contributed by atoms with E-state index < -0.39 is 10.0 Å². The number of hydrogen-bond acceptors (Lipinski definition) is 3. The lowest BCUT2D eigenvalue weighted by Crippen LogP contribution is -2.24. The van der Waals surface area contributed by atoms with Gasteiger partial charge in [0.15, 0.2) is 0 Å². The fourth-order valence-corrected chi connectivity index (χ4v) is 3.80. The predicted molar refractivity (Wildman–Crippen MR) is 101 cm³/mol. The number of H-pyrrole nitrogens is 1. The van der Waals surface area contributed by atoms with E-state index in [0.29, 0.717) is 6.54 Å². The zero-order valence-corrected chi connectivity index (χ0v) is 15.1. The highest BCUT2D eigenvalue weighted by Crippen LogP contribution is 2.21. The van der Waals surface area contributed by atoms with Crippen molar-refractivity contribution in [3.63, 3.8) is 0 Å². The molecule has 0 atom stereocenters. The van der Waals surface area contributed by atoms with Crippen molar-refractivity contribution in [2.45, 2.75) is 37.5 Å². The molecule has 0 fully saturated rings. The van der Waals surface area contributed by atoms with Gasteiger partial charge in [-0.3, -0.25) is 0 Å². The second kappa shape index (κ2) is 7.80. The topological polar surface area (TPSA) is 74.8 Å². The van der Waals surface area contributed by atoms with Gasteiger partial charge in [-0.05, 0) is 42.8 Å². The summed E-state index contributed by atoms with van der Waals surface area (Å²) in [7, 11) is -3.45. The minimum atomic E-state index is -3.45. The highest BCUT2D eigenvalue weighted by molar-refractivity contribution is 7.89. The number of nitrogens with zero attached hydrogens (tertiary/aromatic N) is 1. The summed E-state index contributed by atoms with van der Waals surface area (Å²) in [5.41, 5.74) is 2.71. The van der Waals surface area contributed by atoms with Crippen LogP contribution in [0.2, 0.25) is 0 Å². The SMILES string of the molecule is CCCCCCNS(=O)(=O)c1ccc(-c2nc3ccccc3[nH]2)cc1. The molecular formula is C19H23N3O2S. The molecule has 132 valence electrons. The third kappa shape index (κ3) is 4.27. The van der Waals surface area contributed by atoms with Gasteiger partial charge < -0.3 is 4.98 Å². The van der Waals surface area contributed by atoms with Crippen molar-refractivity contribution in [3.05, 3.63) is 48.5 Å².